The van der Waals surface area contributed by atoms with Crippen molar-refractivity contribution in [1.82, 2.24) is 5.32 Å². The molecule has 0 saturated carbocycles. The average Bonchev–Trinajstić information content (AvgIpc) is 1.63. The first kappa shape index (κ1) is 8.43. The van der Waals surface area contributed by atoms with E-state index in [4.69, 9.17) is 0 Å². The minimum Gasteiger partial charge on any atom is -0.321 e. The maximum Gasteiger partial charge on any atom is 0.221 e. The number of quaternary nitrogens is 1. The molecule has 0 aromatic heterocycles. The van der Waals surface area contributed by atoms with E-state index in [0.717, 1.165) is 0 Å². The van der Waals surface area contributed by atoms with E-state index in [1.165, 1.54) is 11.8 Å². The molecule has 0 aliphatic carbocycles. The molecular weight excluding hydrogens is 116 g/mol. The van der Waals surface area contributed by atoms with Crippen LogP contribution in [-0.2, 0) is 4.79 Å². The van der Waals surface area contributed by atoms with Crippen LogP contribution in [0.4, 0.5) is 0 Å². The molecular formula is C6H15N2O+. The molecule has 1 unspecified atom stereocenters. The number of carbonyl (C=O) groups is 1. The Morgan fingerprint density at radius 3 is 2.11 bits per heavy atom. The number of hydrogen-bond donors (Lipinski definition) is 2. The molecule has 0 radical (unpaired) electrons. The minimum absolute atomic E-state index is 0.0312. The highest BCUT2D eigenvalue weighted by Crippen LogP contribution is 1.64. The zero-order valence-corrected chi connectivity index (χ0v) is 6.49. The summed E-state index contributed by atoms with van der Waals surface area (Å²) in [5, 5.41) is 2.77. The van der Waals surface area contributed by atoms with Crippen LogP contribution in [0.1, 0.15) is 13.8 Å². The van der Waals surface area contributed by atoms with Crippen LogP contribution in [-0.4, -0.2) is 26.2 Å². The van der Waals surface area contributed by atoms with Crippen LogP contribution in [0, 0.1) is 0 Å². The van der Waals surface area contributed by atoms with E-state index in [-0.39, 0.29) is 12.1 Å². The highest BCUT2D eigenvalue weighted by atomic mass is 16.1. The Hall–Kier alpha value is -0.570. The summed E-state index contributed by atoms with van der Waals surface area (Å²) >= 11 is 0. The normalized spacial score (nSPS) is 13.4. The second-order valence-corrected chi connectivity index (χ2v) is 2.50. The van der Waals surface area contributed by atoms with Gasteiger partial charge < -0.3 is 10.2 Å². The summed E-state index contributed by atoms with van der Waals surface area (Å²) in [4.78, 5) is 11.7. The number of nitrogens with one attached hydrogen (secondary N) is 2. The molecule has 0 aromatic carbocycles. The van der Waals surface area contributed by atoms with Gasteiger partial charge >= 0.3 is 0 Å². The molecule has 0 aliphatic heterocycles. The molecule has 54 valence electrons. The van der Waals surface area contributed by atoms with Gasteiger partial charge in [0.25, 0.3) is 0 Å². The topological polar surface area (TPSA) is 33.5 Å². The first-order valence-corrected chi connectivity index (χ1v) is 3.11. The SMILES string of the molecule is CC(=O)NC(C)[NH+](C)C. The van der Waals surface area contributed by atoms with Crippen LogP contribution in [0.15, 0.2) is 0 Å². The van der Waals surface area contributed by atoms with Crippen LogP contribution in [0.5, 0.6) is 0 Å². The molecule has 3 heteroatoms. The van der Waals surface area contributed by atoms with Crippen LogP contribution >= 0.6 is 0 Å². The van der Waals surface area contributed by atoms with Crippen LogP contribution in [0.3, 0.4) is 0 Å². The van der Waals surface area contributed by atoms with E-state index in [2.05, 4.69) is 5.32 Å². The maximum atomic E-state index is 10.4. The predicted octanol–water partition coefficient (Wildman–Crippen LogP) is -1.39. The van der Waals surface area contributed by atoms with Crippen molar-refractivity contribution in [2.75, 3.05) is 14.1 Å². The van der Waals surface area contributed by atoms with E-state index >= 15 is 0 Å². The number of carbonyl (C=O) groups excluding carboxylic acids is 1. The minimum atomic E-state index is 0.0312. The largest absolute Gasteiger partial charge is 0.321 e. The van der Waals surface area contributed by atoms with Gasteiger partial charge in [-0.3, -0.25) is 4.79 Å². The van der Waals surface area contributed by atoms with Crippen molar-refractivity contribution in [3.8, 4) is 0 Å². The van der Waals surface area contributed by atoms with Crippen LogP contribution in [0.2, 0.25) is 0 Å². The molecule has 0 bridgehead atoms. The van der Waals surface area contributed by atoms with Crippen molar-refractivity contribution in [2.24, 2.45) is 0 Å². The molecule has 1 amide bonds. The molecule has 1 atom stereocenters. The van der Waals surface area contributed by atoms with E-state index in [1.54, 1.807) is 0 Å². The van der Waals surface area contributed by atoms with Gasteiger partial charge in [0, 0.05) is 13.8 Å². The number of rotatable bonds is 2. The quantitative estimate of drug-likeness (QED) is 0.445. The Labute approximate surface area is 56.0 Å². The molecule has 0 fully saturated rings. The Balaban J connectivity index is 3.50. The Kier molecular flexibility index (Phi) is 3.24. The van der Waals surface area contributed by atoms with Crippen LogP contribution in [0.25, 0.3) is 0 Å². The van der Waals surface area contributed by atoms with Crippen molar-refractivity contribution < 1.29 is 9.69 Å². The molecule has 3 nitrogen and oxygen atoms in total. The number of hydrogen-bond acceptors (Lipinski definition) is 1. The van der Waals surface area contributed by atoms with E-state index in [9.17, 15) is 4.79 Å². The highest BCUT2D eigenvalue weighted by Gasteiger charge is 2.06. The molecule has 0 saturated heterocycles. The lowest BCUT2D eigenvalue weighted by atomic mass is 10.5. The third-order valence-electron chi connectivity index (χ3n) is 1.29. The van der Waals surface area contributed by atoms with Crippen molar-refractivity contribution in [1.29, 1.82) is 0 Å². The van der Waals surface area contributed by atoms with E-state index in [1.807, 2.05) is 21.0 Å². The molecule has 0 spiro atoms. The molecule has 2 N–H and O–H groups in total. The van der Waals surface area contributed by atoms with Crippen LogP contribution < -0.4 is 10.2 Å². The summed E-state index contributed by atoms with van der Waals surface area (Å²) in [6.45, 7) is 3.50. The van der Waals surface area contributed by atoms with Gasteiger partial charge in [-0.2, -0.15) is 0 Å². The smallest absolute Gasteiger partial charge is 0.221 e. The van der Waals surface area contributed by atoms with Gasteiger partial charge in [-0.25, -0.2) is 0 Å². The maximum absolute atomic E-state index is 10.4. The van der Waals surface area contributed by atoms with Crippen molar-refractivity contribution in [2.45, 2.75) is 20.0 Å². The first-order valence-electron chi connectivity index (χ1n) is 3.11. The second-order valence-electron chi connectivity index (χ2n) is 2.50. The number of amides is 1. The van der Waals surface area contributed by atoms with Crippen molar-refractivity contribution >= 4 is 5.91 Å². The Morgan fingerprint density at radius 1 is 1.56 bits per heavy atom. The Bertz CT molecular complexity index is 101. The lowest BCUT2D eigenvalue weighted by molar-refractivity contribution is -0.885. The molecule has 9 heavy (non-hydrogen) atoms. The molecule has 0 rings (SSSR count). The van der Waals surface area contributed by atoms with Gasteiger partial charge in [-0.15, -0.1) is 0 Å². The monoisotopic (exact) mass is 131 g/mol. The van der Waals surface area contributed by atoms with E-state index < -0.39 is 0 Å². The molecule has 0 aliphatic rings. The summed E-state index contributed by atoms with van der Waals surface area (Å²) in [6, 6.07) is 0. The van der Waals surface area contributed by atoms with Gasteiger partial charge in [0.15, 0.2) is 6.17 Å². The Morgan fingerprint density at radius 2 is 2.00 bits per heavy atom. The van der Waals surface area contributed by atoms with Gasteiger partial charge in [0.05, 0.1) is 14.1 Å². The summed E-state index contributed by atoms with van der Waals surface area (Å²) in [5.74, 6) is 0.0312. The average molecular weight is 131 g/mol. The third-order valence-corrected chi connectivity index (χ3v) is 1.29. The first-order chi connectivity index (χ1) is 4.04. The molecule has 0 heterocycles. The highest BCUT2D eigenvalue weighted by molar-refractivity contribution is 5.72. The van der Waals surface area contributed by atoms with Gasteiger partial charge in [-0.05, 0) is 0 Å². The van der Waals surface area contributed by atoms with Crippen molar-refractivity contribution in [3.05, 3.63) is 0 Å². The summed E-state index contributed by atoms with van der Waals surface area (Å²) < 4.78 is 0. The fourth-order valence-electron chi connectivity index (χ4n) is 0.449. The fourth-order valence-corrected chi connectivity index (χ4v) is 0.449. The summed E-state index contributed by atoms with van der Waals surface area (Å²) in [5.41, 5.74) is 0. The standard InChI is InChI=1S/C6H14N2O/c1-5(8(3)4)7-6(2)9/h5H,1-4H3,(H,7,9)/p+1. The molecule has 0 aromatic rings. The zero-order valence-electron chi connectivity index (χ0n) is 6.49. The van der Waals surface area contributed by atoms with Gasteiger partial charge in [0.2, 0.25) is 5.91 Å². The van der Waals surface area contributed by atoms with Gasteiger partial charge in [-0.1, -0.05) is 0 Å². The second kappa shape index (κ2) is 3.45. The fraction of sp³-hybridized carbons (Fsp3) is 0.833. The summed E-state index contributed by atoms with van der Waals surface area (Å²) in [6.07, 6.45) is 0.211. The third kappa shape index (κ3) is 3.97. The van der Waals surface area contributed by atoms with Crippen molar-refractivity contribution in [3.63, 3.8) is 0 Å². The van der Waals surface area contributed by atoms with E-state index in [0.29, 0.717) is 0 Å². The lowest BCUT2D eigenvalue weighted by Gasteiger charge is -2.16. The zero-order chi connectivity index (χ0) is 7.44. The lowest BCUT2D eigenvalue weighted by Crippen LogP contribution is -3.11. The van der Waals surface area contributed by atoms with Gasteiger partial charge in [0.1, 0.15) is 0 Å². The summed E-state index contributed by atoms with van der Waals surface area (Å²) in [7, 11) is 4.00. The predicted molar refractivity (Wildman–Crippen MR) is 36.1 cm³/mol.